The van der Waals surface area contributed by atoms with Gasteiger partial charge in [0.2, 0.25) is 0 Å². The zero-order valence-corrected chi connectivity index (χ0v) is 17.8. The lowest BCUT2D eigenvalue weighted by Crippen LogP contribution is -2.29. The van der Waals surface area contributed by atoms with E-state index in [-0.39, 0.29) is 6.54 Å². The number of carbonyl (C=O) groups excluding carboxylic acids is 1. The van der Waals surface area contributed by atoms with E-state index < -0.39 is 36.8 Å². The Bertz CT molecular complexity index is 1200. The number of halogens is 1. The number of aliphatic hydroxyl groups is 2. The highest BCUT2D eigenvalue weighted by Crippen LogP contribution is 2.30. The molecule has 12 heteroatoms. The number of carbonyl (C=O) groups is 1. The fourth-order valence-corrected chi connectivity index (χ4v) is 3.78. The highest BCUT2D eigenvalue weighted by atomic mass is 19.1. The number of benzene rings is 1. The van der Waals surface area contributed by atoms with Crippen LogP contribution in [0, 0.1) is 5.82 Å². The van der Waals surface area contributed by atoms with Crippen LogP contribution in [0.3, 0.4) is 0 Å². The molecule has 11 nitrogen and oxygen atoms in total. The summed E-state index contributed by atoms with van der Waals surface area (Å²) in [6, 6.07) is 7.92. The molecule has 176 valence electrons. The van der Waals surface area contributed by atoms with Gasteiger partial charge in [-0.15, -0.1) is 5.10 Å². The van der Waals surface area contributed by atoms with Gasteiger partial charge >= 0.3 is 6.09 Å². The molecule has 0 unspecified atom stereocenters. The molecule has 0 spiro atoms. The molecule has 1 aromatic carbocycles. The molecule has 2 aromatic heterocycles. The molecule has 3 N–H and O–H groups in total. The Morgan fingerprint density at radius 1 is 1.29 bits per heavy atom. The predicted octanol–water partition coefficient (Wildman–Crippen LogP) is 1.10. The Morgan fingerprint density at radius 2 is 2.18 bits per heavy atom. The van der Waals surface area contributed by atoms with Crippen LogP contribution in [0.25, 0.3) is 16.8 Å². The van der Waals surface area contributed by atoms with E-state index in [1.54, 1.807) is 41.2 Å². The van der Waals surface area contributed by atoms with Crippen molar-refractivity contribution < 1.29 is 29.0 Å². The third-order valence-corrected chi connectivity index (χ3v) is 5.55. The van der Waals surface area contributed by atoms with Crippen LogP contribution in [0.1, 0.15) is 5.69 Å². The molecule has 0 saturated carbocycles. The van der Waals surface area contributed by atoms with Crippen molar-refractivity contribution in [1.29, 1.82) is 0 Å². The molecule has 1 amide bonds. The lowest BCUT2D eigenvalue weighted by Gasteiger charge is -2.14. The van der Waals surface area contributed by atoms with Crippen molar-refractivity contribution in [2.45, 2.75) is 24.9 Å². The van der Waals surface area contributed by atoms with Crippen LogP contribution in [0.4, 0.5) is 14.9 Å². The van der Waals surface area contributed by atoms with Gasteiger partial charge in [-0.1, -0.05) is 11.3 Å². The maximum Gasteiger partial charge on any atom is 0.414 e. The monoisotopic (exact) mass is 468 g/mol. The first-order chi connectivity index (χ1) is 16.5. The zero-order chi connectivity index (χ0) is 23.7. The quantitative estimate of drug-likeness (QED) is 0.466. The molecule has 3 atom stereocenters. The molecule has 4 heterocycles. The van der Waals surface area contributed by atoms with Gasteiger partial charge in [-0.05, 0) is 30.3 Å². The minimum Gasteiger partial charge on any atom is -0.442 e. The largest absolute Gasteiger partial charge is 0.442 e. The second-order valence-electron chi connectivity index (χ2n) is 7.85. The van der Waals surface area contributed by atoms with Gasteiger partial charge < -0.3 is 14.9 Å². The fourth-order valence-electron chi connectivity index (χ4n) is 3.78. The number of hydrogen-bond donors (Lipinski definition) is 3. The van der Waals surface area contributed by atoms with Crippen molar-refractivity contribution in [3.8, 4) is 11.1 Å². The maximum atomic E-state index is 15.0. The number of amides is 1. The summed E-state index contributed by atoms with van der Waals surface area (Å²) in [6.07, 6.45) is 3.63. The van der Waals surface area contributed by atoms with Crippen molar-refractivity contribution in [1.82, 2.24) is 25.5 Å². The number of aromatic nitrogens is 4. The lowest BCUT2D eigenvalue weighted by atomic mass is 10.1. The molecular weight excluding hydrogens is 447 g/mol. The van der Waals surface area contributed by atoms with E-state index in [1.165, 1.54) is 23.4 Å². The Kier molecular flexibility index (Phi) is 5.92. The molecule has 0 radical (unpaired) electrons. The highest BCUT2D eigenvalue weighted by molar-refractivity contribution is 5.90. The summed E-state index contributed by atoms with van der Waals surface area (Å²) in [5.41, 5.74) is 5.00. The lowest BCUT2D eigenvalue weighted by molar-refractivity contribution is -0.0484. The second kappa shape index (κ2) is 9.17. The number of pyridine rings is 1. The second-order valence-corrected chi connectivity index (χ2v) is 7.85. The Balaban J connectivity index is 1.29. The van der Waals surface area contributed by atoms with Crippen molar-refractivity contribution in [3.05, 3.63) is 66.5 Å². The summed E-state index contributed by atoms with van der Waals surface area (Å²) < 4.78 is 21.9. The van der Waals surface area contributed by atoms with Crippen molar-refractivity contribution in [2.24, 2.45) is 0 Å². The fraction of sp³-hybridized carbons (Fsp3) is 0.273. The maximum absolute atomic E-state index is 15.0. The van der Waals surface area contributed by atoms with E-state index in [0.717, 1.165) is 0 Å². The van der Waals surface area contributed by atoms with E-state index >= 15 is 0 Å². The first-order valence-electron chi connectivity index (χ1n) is 10.5. The number of hydroxylamine groups is 1. The normalized spacial score (nSPS) is 20.7. The summed E-state index contributed by atoms with van der Waals surface area (Å²) in [5.74, 6) is -0.507. The van der Waals surface area contributed by atoms with Crippen molar-refractivity contribution >= 4 is 17.5 Å². The van der Waals surface area contributed by atoms with Gasteiger partial charge in [-0.2, -0.15) is 0 Å². The van der Waals surface area contributed by atoms with E-state index in [0.29, 0.717) is 34.8 Å². The Labute approximate surface area is 193 Å². The third kappa shape index (κ3) is 4.33. The smallest absolute Gasteiger partial charge is 0.414 e. The summed E-state index contributed by atoms with van der Waals surface area (Å²) in [5, 5.41) is 26.3. The van der Waals surface area contributed by atoms with E-state index in [1.807, 2.05) is 0 Å². The number of rotatable bonds is 7. The van der Waals surface area contributed by atoms with E-state index in [2.05, 4.69) is 20.8 Å². The van der Waals surface area contributed by atoms with Gasteiger partial charge in [-0.25, -0.2) is 13.9 Å². The van der Waals surface area contributed by atoms with Gasteiger partial charge in [0.15, 0.2) is 0 Å². The Hall–Kier alpha value is -3.87. The van der Waals surface area contributed by atoms with Gasteiger partial charge in [0, 0.05) is 23.5 Å². The highest BCUT2D eigenvalue weighted by Gasteiger charge is 2.33. The predicted molar refractivity (Wildman–Crippen MR) is 116 cm³/mol. The average molecular weight is 468 g/mol. The van der Waals surface area contributed by atoms with Crippen LogP contribution >= 0.6 is 0 Å². The SMILES string of the molecule is O=C1O[C@@H](Cn2ccnn2)CN1c1ccc(-c2ccc(C3=C[C@@H]([C@@H](O)CO)ON3)nc2)c(F)c1. The first-order valence-corrected chi connectivity index (χ1v) is 10.5. The van der Waals surface area contributed by atoms with Crippen LogP contribution in [0.5, 0.6) is 0 Å². The molecule has 1 saturated heterocycles. The van der Waals surface area contributed by atoms with Crippen LogP contribution in [0.15, 0.2) is 55.0 Å². The molecule has 3 aromatic rings. The minimum absolute atomic E-state index is 0.268. The number of nitrogens with zero attached hydrogens (tertiary/aromatic N) is 5. The third-order valence-electron chi connectivity index (χ3n) is 5.55. The number of cyclic esters (lactones) is 1. The summed E-state index contributed by atoms with van der Waals surface area (Å²) in [6.45, 7) is 0.191. The summed E-state index contributed by atoms with van der Waals surface area (Å²) in [7, 11) is 0. The number of aliphatic hydroxyl groups excluding tert-OH is 2. The summed E-state index contributed by atoms with van der Waals surface area (Å²) in [4.78, 5) is 23.2. The molecule has 0 bridgehead atoms. The number of ether oxygens (including phenoxy) is 1. The summed E-state index contributed by atoms with van der Waals surface area (Å²) >= 11 is 0. The number of nitrogens with one attached hydrogen (secondary N) is 1. The van der Waals surface area contributed by atoms with E-state index in [9.17, 15) is 14.3 Å². The molecule has 2 aliphatic rings. The van der Waals surface area contributed by atoms with Gasteiger partial charge in [0.05, 0.1) is 43.0 Å². The minimum atomic E-state index is -1.05. The van der Waals surface area contributed by atoms with Gasteiger partial charge in [0.25, 0.3) is 0 Å². The Morgan fingerprint density at radius 3 is 2.88 bits per heavy atom. The van der Waals surface area contributed by atoms with Crippen LogP contribution in [0.2, 0.25) is 0 Å². The number of hydrogen-bond acceptors (Lipinski definition) is 9. The standard InChI is InChI=1S/C22H21FN6O5/c23-17-7-14(29-11-15(33-22(29)32)10-28-6-5-25-27-28)2-3-16(17)13-1-4-18(24-9-13)19-8-21(34-26-19)20(31)12-30/h1-9,15,20-21,26,30-31H,10-12H2/t15-,20-,21-/m0/s1. The molecule has 2 aliphatic heterocycles. The van der Waals surface area contributed by atoms with E-state index in [4.69, 9.17) is 14.7 Å². The molecule has 1 fully saturated rings. The average Bonchev–Trinajstić information content (AvgIpc) is 3.61. The van der Waals surface area contributed by atoms with Gasteiger partial charge in [0.1, 0.15) is 24.1 Å². The topological polar surface area (TPSA) is 135 Å². The van der Waals surface area contributed by atoms with Crippen molar-refractivity contribution in [3.63, 3.8) is 0 Å². The van der Waals surface area contributed by atoms with Crippen molar-refractivity contribution in [2.75, 3.05) is 18.1 Å². The first kappa shape index (κ1) is 21.9. The zero-order valence-electron chi connectivity index (χ0n) is 17.8. The van der Waals surface area contributed by atoms with Crippen LogP contribution < -0.4 is 10.4 Å². The molecule has 0 aliphatic carbocycles. The van der Waals surface area contributed by atoms with Crippen LogP contribution in [-0.2, 0) is 16.1 Å². The number of anilines is 1. The van der Waals surface area contributed by atoms with Gasteiger partial charge in [-0.3, -0.25) is 20.2 Å². The molecule has 5 rings (SSSR count). The van der Waals surface area contributed by atoms with Crippen LogP contribution in [-0.4, -0.2) is 67.7 Å². The molecule has 34 heavy (non-hydrogen) atoms. The molecular formula is C22H21FN6O5.